The van der Waals surface area contributed by atoms with Crippen molar-refractivity contribution in [3.8, 4) is 0 Å². The molecule has 0 aromatic carbocycles. The molecular formula is C11H17N5O2. The molecule has 1 atom stereocenters. The van der Waals surface area contributed by atoms with Crippen molar-refractivity contribution in [1.82, 2.24) is 25.0 Å². The van der Waals surface area contributed by atoms with Crippen LogP contribution in [0.5, 0.6) is 0 Å². The van der Waals surface area contributed by atoms with Crippen LogP contribution in [0.4, 0.5) is 0 Å². The van der Waals surface area contributed by atoms with E-state index in [2.05, 4.69) is 15.4 Å². The summed E-state index contributed by atoms with van der Waals surface area (Å²) in [7, 11) is 1.50. The Labute approximate surface area is 105 Å². The molecule has 2 rings (SSSR count). The van der Waals surface area contributed by atoms with Gasteiger partial charge in [0.2, 0.25) is 11.8 Å². The first-order valence-electron chi connectivity index (χ1n) is 5.93. The maximum Gasteiger partial charge on any atom is 0.246 e. The Balaban J connectivity index is 1.98. The Kier molecular flexibility index (Phi) is 3.42. The van der Waals surface area contributed by atoms with Gasteiger partial charge in [0.15, 0.2) is 0 Å². The first-order chi connectivity index (χ1) is 8.50. The van der Waals surface area contributed by atoms with E-state index < -0.39 is 6.04 Å². The van der Waals surface area contributed by atoms with Gasteiger partial charge in [-0.05, 0) is 13.8 Å². The number of hydrogen-bond acceptors (Lipinski definition) is 5. The molecule has 2 heterocycles. The number of imide groups is 1. The van der Waals surface area contributed by atoms with Crippen LogP contribution in [0.2, 0.25) is 0 Å². The number of carbonyl (C=O) groups is 2. The molecule has 1 saturated heterocycles. The largest absolute Gasteiger partial charge is 0.298 e. The van der Waals surface area contributed by atoms with Crippen molar-refractivity contribution in [2.75, 3.05) is 7.05 Å². The SMILES string of the molecule is CC(C)n1ncnc1CNC1CC(=O)N(C)C1=O. The number of nitrogens with zero attached hydrogens (tertiary/aromatic N) is 4. The molecule has 98 valence electrons. The summed E-state index contributed by atoms with van der Waals surface area (Å²) in [6.45, 7) is 4.45. The molecule has 7 nitrogen and oxygen atoms in total. The Morgan fingerprint density at radius 1 is 1.50 bits per heavy atom. The maximum atomic E-state index is 11.7. The van der Waals surface area contributed by atoms with Crippen LogP contribution in [0.3, 0.4) is 0 Å². The van der Waals surface area contributed by atoms with E-state index in [-0.39, 0.29) is 24.3 Å². The van der Waals surface area contributed by atoms with Crippen molar-refractivity contribution in [1.29, 1.82) is 0 Å². The fraction of sp³-hybridized carbons (Fsp3) is 0.636. The minimum atomic E-state index is -0.445. The molecule has 1 N–H and O–H groups in total. The summed E-state index contributed by atoms with van der Waals surface area (Å²) in [5.74, 6) is 0.429. The molecule has 1 aromatic heterocycles. The van der Waals surface area contributed by atoms with Crippen LogP contribution in [0.15, 0.2) is 6.33 Å². The number of rotatable bonds is 4. The summed E-state index contributed by atoms with van der Waals surface area (Å²) >= 11 is 0. The first kappa shape index (κ1) is 12.7. The molecule has 1 aliphatic rings. The molecule has 0 spiro atoms. The molecule has 0 bridgehead atoms. The number of hydrogen-bond donors (Lipinski definition) is 1. The molecule has 1 unspecified atom stereocenters. The van der Waals surface area contributed by atoms with Gasteiger partial charge in [-0.25, -0.2) is 9.67 Å². The van der Waals surface area contributed by atoms with Crippen LogP contribution in [0.25, 0.3) is 0 Å². The van der Waals surface area contributed by atoms with Crippen molar-refractivity contribution in [3.05, 3.63) is 12.2 Å². The van der Waals surface area contributed by atoms with Gasteiger partial charge in [-0.3, -0.25) is 19.8 Å². The summed E-state index contributed by atoms with van der Waals surface area (Å²) in [6.07, 6.45) is 1.70. The molecule has 18 heavy (non-hydrogen) atoms. The van der Waals surface area contributed by atoms with Gasteiger partial charge >= 0.3 is 0 Å². The zero-order chi connectivity index (χ0) is 13.3. The quantitative estimate of drug-likeness (QED) is 0.743. The second-order valence-corrected chi connectivity index (χ2v) is 4.64. The second kappa shape index (κ2) is 4.85. The molecule has 1 aliphatic heterocycles. The first-order valence-corrected chi connectivity index (χ1v) is 5.93. The van der Waals surface area contributed by atoms with Crippen molar-refractivity contribution in [2.45, 2.75) is 38.9 Å². The van der Waals surface area contributed by atoms with Gasteiger partial charge in [0.25, 0.3) is 0 Å². The number of likely N-dealkylation sites (N-methyl/N-ethyl adjacent to an activating group) is 1. The standard InChI is InChI=1S/C11H17N5O2/c1-7(2)16-9(13-6-14-16)5-12-8-4-10(17)15(3)11(8)18/h6-8,12H,4-5H2,1-3H3. The Hall–Kier alpha value is -1.76. The van der Waals surface area contributed by atoms with Gasteiger partial charge in [-0.1, -0.05) is 0 Å². The van der Waals surface area contributed by atoms with E-state index >= 15 is 0 Å². The third kappa shape index (κ3) is 2.26. The van der Waals surface area contributed by atoms with E-state index in [1.807, 2.05) is 13.8 Å². The van der Waals surface area contributed by atoms with E-state index in [1.165, 1.54) is 13.4 Å². The summed E-state index contributed by atoms with van der Waals surface area (Å²) in [4.78, 5) is 28.4. The molecule has 2 amide bonds. The zero-order valence-electron chi connectivity index (χ0n) is 10.8. The minimum absolute atomic E-state index is 0.150. The second-order valence-electron chi connectivity index (χ2n) is 4.64. The van der Waals surface area contributed by atoms with Gasteiger partial charge < -0.3 is 0 Å². The van der Waals surface area contributed by atoms with E-state index in [9.17, 15) is 9.59 Å². The van der Waals surface area contributed by atoms with Gasteiger partial charge in [0, 0.05) is 13.1 Å². The lowest BCUT2D eigenvalue weighted by atomic mass is 10.2. The molecule has 0 aliphatic carbocycles. The number of nitrogens with one attached hydrogen (secondary N) is 1. The van der Waals surface area contributed by atoms with Crippen LogP contribution >= 0.6 is 0 Å². The smallest absolute Gasteiger partial charge is 0.246 e. The van der Waals surface area contributed by atoms with E-state index in [4.69, 9.17) is 0 Å². The summed E-state index contributed by atoms with van der Waals surface area (Å²) < 4.78 is 1.79. The van der Waals surface area contributed by atoms with Crippen molar-refractivity contribution in [2.24, 2.45) is 0 Å². The normalized spacial score (nSPS) is 20.2. The molecule has 0 radical (unpaired) electrons. The van der Waals surface area contributed by atoms with Crippen LogP contribution in [-0.2, 0) is 16.1 Å². The molecule has 1 aromatic rings. The topological polar surface area (TPSA) is 80.1 Å². The van der Waals surface area contributed by atoms with E-state index in [0.717, 1.165) is 10.7 Å². The fourth-order valence-corrected chi connectivity index (χ4v) is 1.96. The van der Waals surface area contributed by atoms with Gasteiger partial charge in [0.05, 0.1) is 19.0 Å². The van der Waals surface area contributed by atoms with Gasteiger partial charge in [-0.15, -0.1) is 0 Å². The predicted molar refractivity (Wildman–Crippen MR) is 63.4 cm³/mol. The average molecular weight is 251 g/mol. The molecule has 1 fully saturated rings. The maximum absolute atomic E-state index is 11.7. The van der Waals surface area contributed by atoms with Crippen molar-refractivity contribution in [3.63, 3.8) is 0 Å². The summed E-state index contributed by atoms with van der Waals surface area (Å²) in [6, 6.07) is -0.229. The van der Waals surface area contributed by atoms with Gasteiger partial charge in [0.1, 0.15) is 12.2 Å². The molecule has 7 heteroatoms. The lowest BCUT2D eigenvalue weighted by molar-refractivity contribution is -0.137. The lowest BCUT2D eigenvalue weighted by Gasteiger charge is -2.13. The fourth-order valence-electron chi connectivity index (χ4n) is 1.96. The Morgan fingerprint density at radius 2 is 2.22 bits per heavy atom. The predicted octanol–water partition coefficient (Wildman–Crippen LogP) is -0.294. The highest BCUT2D eigenvalue weighted by atomic mass is 16.2. The lowest BCUT2D eigenvalue weighted by Crippen LogP contribution is -2.37. The number of likely N-dealkylation sites (tertiary alicyclic amines) is 1. The highest BCUT2D eigenvalue weighted by Crippen LogP contribution is 2.11. The summed E-state index contributed by atoms with van der Waals surface area (Å²) in [5, 5.41) is 7.17. The van der Waals surface area contributed by atoms with Crippen molar-refractivity contribution >= 4 is 11.8 Å². The molecular weight excluding hydrogens is 234 g/mol. The highest BCUT2D eigenvalue weighted by Gasteiger charge is 2.35. The zero-order valence-corrected chi connectivity index (χ0v) is 10.8. The Bertz CT molecular complexity index is 468. The third-order valence-corrected chi connectivity index (χ3v) is 3.02. The van der Waals surface area contributed by atoms with E-state index in [0.29, 0.717) is 6.54 Å². The monoisotopic (exact) mass is 251 g/mol. The van der Waals surface area contributed by atoms with Crippen LogP contribution < -0.4 is 5.32 Å². The van der Waals surface area contributed by atoms with Crippen LogP contribution in [0.1, 0.15) is 32.1 Å². The van der Waals surface area contributed by atoms with Crippen LogP contribution in [-0.4, -0.2) is 44.6 Å². The van der Waals surface area contributed by atoms with Crippen molar-refractivity contribution < 1.29 is 9.59 Å². The number of aromatic nitrogens is 3. The molecule has 0 saturated carbocycles. The highest BCUT2D eigenvalue weighted by molar-refractivity contribution is 6.05. The number of carbonyl (C=O) groups excluding carboxylic acids is 2. The summed E-state index contributed by atoms with van der Waals surface area (Å²) in [5.41, 5.74) is 0. The third-order valence-electron chi connectivity index (χ3n) is 3.02. The van der Waals surface area contributed by atoms with E-state index in [1.54, 1.807) is 4.68 Å². The minimum Gasteiger partial charge on any atom is -0.298 e. The van der Waals surface area contributed by atoms with Gasteiger partial charge in [-0.2, -0.15) is 5.10 Å². The Morgan fingerprint density at radius 3 is 2.78 bits per heavy atom. The average Bonchev–Trinajstić information content (AvgIpc) is 2.88. The van der Waals surface area contributed by atoms with Crippen LogP contribution in [0, 0.1) is 0 Å². The number of amides is 2.